The number of amides is 1. The summed E-state index contributed by atoms with van der Waals surface area (Å²) < 4.78 is 30.0. The second kappa shape index (κ2) is 8.89. The van der Waals surface area contributed by atoms with Crippen LogP contribution in [0.4, 0.5) is 4.39 Å². The standard InChI is InChI=1S/C21H20FNO4/c1-25-17-8-10-18(11-9-17)27-15-21(24)23(14-19-6-4-12-26-19)13-16-5-2-3-7-20(16)22/h2-12H,13-15H2,1H3. The van der Waals surface area contributed by atoms with Gasteiger partial charge in [-0.25, -0.2) is 4.39 Å². The Bertz CT molecular complexity index is 862. The fraction of sp³-hybridized carbons (Fsp3) is 0.190. The van der Waals surface area contributed by atoms with E-state index < -0.39 is 0 Å². The van der Waals surface area contributed by atoms with E-state index >= 15 is 0 Å². The lowest BCUT2D eigenvalue weighted by Gasteiger charge is -2.22. The summed E-state index contributed by atoms with van der Waals surface area (Å²) >= 11 is 0. The van der Waals surface area contributed by atoms with Crippen molar-refractivity contribution in [2.24, 2.45) is 0 Å². The summed E-state index contributed by atoms with van der Waals surface area (Å²) in [5.41, 5.74) is 0.432. The van der Waals surface area contributed by atoms with Gasteiger partial charge in [0.1, 0.15) is 23.1 Å². The van der Waals surface area contributed by atoms with Gasteiger partial charge in [-0.05, 0) is 42.5 Å². The third kappa shape index (κ3) is 5.10. The molecule has 2 aromatic carbocycles. The SMILES string of the molecule is COc1ccc(OCC(=O)N(Cc2ccco2)Cc2ccccc2F)cc1. The van der Waals surface area contributed by atoms with E-state index in [4.69, 9.17) is 13.9 Å². The lowest BCUT2D eigenvalue weighted by atomic mass is 10.2. The maximum absolute atomic E-state index is 14.0. The van der Waals surface area contributed by atoms with Crippen molar-refractivity contribution in [1.29, 1.82) is 0 Å². The fourth-order valence-corrected chi connectivity index (χ4v) is 2.56. The highest BCUT2D eigenvalue weighted by molar-refractivity contribution is 5.77. The third-order valence-corrected chi connectivity index (χ3v) is 4.02. The molecule has 27 heavy (non-hydrogen) atoms. The van der Waals surface area contributed by atoms with Crippen molar-refractivity contribution >= 4 is 5.91 Å². The summed E-state index contributed by atoms with van der Waals surface area (Å²) in [6.45, 7) is 0.186. The molecule has 1 amide bonds. The predicted molar refractivity (Wildman–Crippen MR) is 97.9 cm³/mol. The molecule has 0 saturated carbocycles. The minimum Gasteiger partial charge on any atom is -0.497 e. The predicted octanol–water partition coefficient (Wildman–Crippen LogP) is 4.04. The summed E-state index contributed by atoms with van der Waals surface area (Å²) in [6, 6.07) is 16.8. The Morgan fingerprint density at radius 3 is 2.41 bits per heavy atom. The van der Waals surface area contributed by atoms with E-state index in [1.54, 1.807) is 61.7 Å². The van der Waals surface area contributed by atoms with E-state index in [0.717, 1.165) is 0 Å². The van der Waals surface area contributed by atoms with E-state index in [9.17, 15) is 9.18 Å². The summed E-state index contributed by atoms with van der Waals surface area (Å²) in [7, 11) is 1.58. The summed E-state index contributed by atoms with van der Waals surface area (Å²) in [6.07, 6.45) is 1.54. The topological polar surface area (TPSA) is 51.9 Å². The number of nitrogens with zero attached hydrogens (tertiary/aromatic N) is 1. The largest absolute Gasteiger partial charge is 0.497 e. The van der Waals surface area contributed by atoms with Crippen molar-refractivity contribution in [3.05, 3.63) is 84.1 Å². The van der Waals surface area contributed by atoms with Crippen molar-refractivity contribution in [3.8, 4) is 11.5 Å². The van der Waals surface area contributed by atoms with Crippen LogP contribution >= 0.6 is 0 Å². The minimum atomic E-state index is -0.356. The fourth-order valence-electron chi connectivity index (χ4n) is 2.56. The quantitative estimate of drug-likeness (QED) is 0.601. The molecular formula is C21H20FNO4. The molecule has 0 aliphatic heterocycles. The van der Waals surface area contributed by atoms with Gasteiger partial charge in [0.15, 0.2) is 6.61 Å². The van der Waals surface area contributed by atoms with Crippen LogP contribution in [0.5, 0.6) is 11.5 Å². The second-order valence-electron chi connectivity index (χ2n) is 5.88. The number of ether oxygens (including phenoxy) is 2. The normalized spacial score (nSPS) is 10.4. The summed E-state index contributed by atoms with van der Waals surface area (Å²) in [4.78, 5) is 14.2. The molecule has 3 aromatic rings. The average molecular weight is 369 g/mol. The van der Waals surface area contributed by atoms with E-state index in [-0.39, 0.29) is 31.4 Å². The van der Waals surface area contributed by atoms with Crippen molar-refractivity contribution in [2.45, 2.75) is 13.1 Å². The van der Waals surface area contributed by atoms with Crippen LogP contribution in [0.1, 0.15) is 11.3 Å². The first-order valence-corrected chi connectivity index (χ1v) is 8.46. The average Bonchev–Trinajstić information content (AvgIpc) is 3.21. The summed E-state index contributed by atoms with van der Waals surface area (Å²) in [5.74, 6) is 1.24. The minimum absolute atomic E-state index is 0.123. The second-order valence-corrected chi connectivity index (χ2v) is 5.88. The molecule has 140 valence electrons. The van der Waals surface area contributed by atoms with Crippen LogP contribution in [0.3, 0.4) is 0 Å². The van der Waals surface area contributed by atoms with Gasteiger partial charge in [0, 0.05) is 12.1 Å². The Kier molecular flexibility index (Phi) is 6.10. The molecule has 5 nitrogen and oxygen atoms in total. The molecule has 6 heteroatoms. The molecule has 0 saturated heterocycles. The Labute approximate surface area is 156 Å². The molecule has 3 rings (SSSR count). The molecule has 0 radical (unpaired) electrons. The lowest BCUT2D eigenvalue weighted by molar-refractivity contribution is -0.134. The van der Waals surface area contributed by atoms with Crippen molar-refractivity contribution in [1.82, 2.24) is 4.90 Å². The number of carbonyl (C=O) groups excluding carboxylic acids is 1. The molecule has 0 fully saturated rings. The Morgan fingerprint density at radius 2 is 1.74 bits per heavy atom. The highest BCUT2D eigenvalue weighted by Crippen LogP contribution is 2.18. The van der Waals surface area contributed by atoms with Gasteiger partial charge in [-0.15, -0.1) is 0 Å². The van der Waals surface area contributed by atoms with Crippen LogP contribution in [0.25, 0.3) is 0 Å². The first-order chi connectivity index (χ1) is 13.2. The molecule has 0 spiro atoms. The van der Waals surface area contributed by atoms with Crippen LogP contribution < -0.4 is 9.47 Å². The lowest BCUT2D eigenvalue weighted by Crippen LogP contribution is -2.34. The Hall–Kier alpha value is -3.28. The van der Waals surface area contributed by atoms with Gasteiger partial charge in [-0.1, -0.05) is 18.2 Å². The van der Waals surface area contributed by atoms with Crippen molar-refractivity contribution in [3.63, 3.8) is 0 Å². The molecule has 0 aliphatic rings. The maximum atomic E-state index is 14.0. The van der Waals surface area contributed by atoms with Gasteiger partial charge in [0.05, 0.1) is 19.9 Å². The molecule has 0 N–H and O–H groups in total. The monoisotopic (exact) mass is 369 g/mol. The zero-order valence-electron chi connectivity index (χ0n) is 14.9. The van der Waals surface area contributed by atoms with Crippen LogP contribution in [-0.2, 0) is 17.9 Å². The highest BCUT2D eigenvalue weighted by atomic mass is 19.1. The highest BCUT2D eigenvalue weighted by Gasteiger charge is 2.18. The van der Waals surface area contributed by atoms with Gasteiger partial charge in [0.2, 0.25) is 0 Å². The van der Waals surface area contributed by atoms with E-state index in [2.05, 4.69) is 0 Å². The number of carbonyl (C=O) groups is 1. The van der Waals surface area contributed by atoms with Crippen molar-refractivity contribution < 1.29 is 23.1 Å². The number of rotatable bonds is 8. The molecule has 0 bridgehead atoms. The van der Waals surface area contributed by atoms with Crippen LogP contribution in [-0.4, -0.2) is 24.5 Å². The first kappa shape index (κ1) is 18.5. The summed E-state index contributed by atoms with van der Waals surface area (Å²) in [5, 5.41) is 0. The molecule has 1 heterocycles. The Balaban J connectivity index is 1.68. The molecule has 0 unspecified atom stereocenters. The first-order valence-electron chi connectivity index (χ1n) is 8.46. The van der Waals surface area contributed by atoms with Crippen LogP contribution in [0, 0.1) is 5.82 Å². The van der Waals surface area contributed by atoms with Crippen molar-refractivity contribution in [2.75, 3.05) is 13.7 Å². The van der Waals surface area contributed by atoms with Gasteiger partial charge < -0.3 is 18.8 Å². The number of furan rings is 1. The number of methoxy groups -OCH3 is 1. The zero-order valence-corrected chi connectivity index (χ0v) is 14.9. The van der Waals surface area contributed by atoms with Gasteiger partial charge >= 0.3 is 0 Å². The molecule has 1 aromatic heterocycles. The number of halogens is 1. The van der Waals surface area contributed by atoms with E-state index in [0.29, 0.717) is 22.8 Å². The molecular weight excluding hydrogens is 349 g/mol. The zero-order chi connectivity index (χ0) is 19.1. The van der Waals surface area contributed by atoms with Crippen LogP contribution in [0.2, 0.25) is 0 Å². The van der Waals surface area contributed by atoms with Crippen LogP contribution in [0.15, 0.2) is 71.3 Å². The van der Waals surface area contributed by atoms with Gasteiger partial charge in [0.25, 0.3) is 5.91 Å². The number of benzene rings is 2. The Morgan fingerprint density at radius 1 is 1.00 bits per heavy atom. The number of hydrogen-bond acceptors (Lipinski definition) is 4. The van der Waals surface area contributed by atoms with E-state index in [1.807, 2.05) is 0 Å². The molecule has 0 aliphatic carbocycles. The smallest absolute Gasteiger partial charge is 0.261 e. The van der Waals surface area contributed by atoms with Gasteiger partial charge in [-0.2, -0.15) is 0 Å². The van der Waals surface area contributed by atoms with E-state index in [1.165, 1.54) is 17.2 Å². The third-order valence-electron chi connectivity index (χ3n) is 4.02. The molecule has 0 atom stereocenters. The maximum Gasteiger partial charge on any atom is 0.261 e. The van der Waals surface area contributed by atoms with Gasteiger partial charge in [-0.3, -0.25) is 4.79 Å². The number of hydrogen-bond donors (Lipinski definition) is 0.